The van der Waals surface area contributed by atoms with Crippen LogP contribution in [-0.2, 0) is 15.8 Å². The van der Waals surface area contributed by atoms with E-state index in [9.17, 15) is 8.42 Å². The highest BCUT2D eigenvalue weighted by Crippen LogP contribution is 2.30. The van der Waals surface area contributed by atoms with Crippen molar-refractivity contribution in [2.45, 2.75) is 5.75 Å². The number of aromatic nitrogens is 1. The Morgan fingerprint density at radius 2 is 1.62 bits per heavy atom. The molecule has 0 atom stereocenters. The average Bonchev–Trinajstić information content (AvgIpc) is 3.20. The van der Waals surface area contributed by atoms with Crippen LogP contribution in [0.4, 0.5) is 5.69 Å². The van der Waals surface area contributed by atoms with E-state index in [0.29, 0.717) is 16.3 Å². The Balaban J connectivity index is 1.53. The number of rotatable bonds is 6. The van der Waals surface area contributed by atoms with Gasteiger partial charge in [0.15, 0.2) is 0 Å². The highest BCUT2D eigenvalue weighted by atomic mass is 35.5. The second kappa shape index (κ2) is 8.37. The minimum absolute atomic E-state index is 0.122. The molecule has 7 heteroatoms. The summed E-state index contributed by atoms with van der Waals surface area (Å²) < 4.78 is 27.7. The van der Waals surface area contributed by atoms with Crippen LogP contribution in [0, 0.1) is 0 Å². The summed E-state index contributed by atoms with van der Waals surface area (Å²) in [4.78, 5) is 4.69. The molecule has 0 bridgehead atoms. The summed E-state index contributed by atoms with van der Waals surface area (Å²) in [6.07, 6.45) is 0. The van der Waals surface area contributed by atoms with Crippen LogP contribution in [0.3, 0.4) is 0 Å². The molecule has 0 unspecified atom stereocenters. The first-order chi connectivity index (χ1) is 14.0. The van der Waals surface area contributed by atoms with Gasteiger partial charge in [-0.2, -0.15) is 0 Å². The van der Waals surface area contributed by atoms with Crippen LogP contribution in [0.15, 0.2) is 84.2 Å². The maximum absolute atomic E-state index is 12.5. The quantitative estimate of drug-likeness (QED) is 0.395. The number of nitrogens with zero attached hydrogens (tertiary/aromatic N) is 1. The number of halogens is 1. The molecule has 4 nitrogen and oxygen atoms in total. The van der Waals surface area contributed by atoms with E-state index >= 15 is 0 Å². The topological polar surface area (TPSA) is 59.1 Å². The van der Waals surface area contributed by atoms with E-state index in [0.717, 1.165) is 21.8 Å². The highest BCUT2D eigenvalue weighted by Gasteiger charge is 2.13. The number of benzene rings is 3. The van der Waals surface area contributed by atoms with Gasteiger partial charge in [0.25, 0.3) is 0 Å². The van der Waals surface area contributed by atoms with Crippen LogP contribution in [0.25, 0.3) is 21.8 Å². The molecule has 3 aromatic carbocycles. The third-order valence-corrected chi connectivity index (χ3v) is 6.63. The van der Waals surface area contributed by atoms with Crippen molar-refractivity contribution in [3.8, 4) is 21.8 Å². The van der Waals surface area contributed by atoms with Gasteiger partial charge < -0.3 is 0 Å². The number of thiazole rings is 1. The summed E-state index contributed by atoms with van der Waals surface area (Å²) in [6.45, 7) is 0. The largest absolute Gasteiger partial charge is 0.283 e. The lowest BCUT2D eigenvalue weighted by atomic mass is 10.1. The van der Waals surface area contributed by atoms with Gasteiger partial charge in [0.05, 0.1) is 11.4 Å². The summed E-state index contributed by atoms with van der Waals surface area (Å²) in [7, 11) is -3.55. The molecular formula is C22H17ClN2O2S2. The minimum Gasteiger partial charge on any atom is -0.283 e. The molecule has 146 valence electrons. The Kier molecular flexibility index (Phi) is 5.67. The lowest BCUT2D eigenvalue weighted by molar-refractivity contribution is 0.600. The fourth-order valence-electron chi connectivity index (χ4n) is 2.88. The third-order valence-electron chi connectivity index (χ3n) is 4.23. The van der Waals surface area contributed by atoms with Crippen molar-refractivity contribution in [1.82, 2.24) is 4.98 Å². The number of nitrogens with one attached hydrogen (secondary N) is 1. The first kappa shape index (κ1) is 19.6. The predicted molar refractivity (Wildman–Crippen MR) is 121 cm³/mol. The van der Waals surface area contributed by atoms with Gasteiger partial charge in [0.1, 0.15) is 5.01 Å². The fourth-order valence-corrected chi connectivity index (χ4v) is 5.03. The Hall–Kier alpha value is -2.67. The zero-order chi connectivity index (χ0) is 20.3. The third kappa shape index (κ3) is 5.03. The smallest absolute Gasteiger partial charge is 0.236 e. The lowest BCUT2D eigenvalue weighted by Gasteiger charge is -2.09. The van der Waals surface area contributed by atoms with Crippen LogP contribution in [-0.4, -0.2) is 13.4 Å². The van der Waals surface area contributed by atoms with Crippen molar-refractivity contribution in [2.75, 3.05) is 4.72 Å². The molecule has 0 fully saturated rings. The molecule has 1 heterocycles. The van der Waals surface area contributed by atoms with Crippen molar-refractivity contribution >= 4 is 38.6 Å². The molecule has 1 N–H and O–H groups in total. The molecule has 1 aromatic heterocycles. The van der Waals surface area contributed by atoms with Crippen LogP contribution in [0.2, 0.25) is 5.02 Å². The standard InChI is InChI=1S/C22H17ClN2O2S2/c23-19-11-9-16(10-12-19)15-29(26,27)25-20-8-4-7-18(13-20)21-14-28-22(24-21)17-5-2-1-3-6-17/h1-14,25H,15H2. The molecule has 0 radical (unpaired) electrons. The molecule has 0 aliphatic rings. The van der Waals surface area contributed by atoms with Gasteiger partial charge >= 0.3 is 0 Å². The molecule has 4 aromatic rings. The van der Waals surface area contributed by atoms with E-state index in [4.69, 9.17) is 16.6 Å². The average molecular weight is 441 g/mol. The summed E-state index contributed by atoms with van der Waals surface area (Å²) in [5.41, 5.74) is 3.90. The zero-order valence-corrected chi connectivity index (χ0v) is 17.6. The fraction of sp³-hybridized carbons (Fsp3) is 0.0455. The number of anilines is 1. The summed E-state index contributed by atoms with van der Waals surface area (Å²) in [6, 6.07) is 24.0. The highest BCUT2D eigenvalue weighted by molar-refractivity contribution is 7.91. The number of hydrogen-bond acceptors (Lipinski definition) is 4. The van der Waals surface area contributed by atoms with Crippen LogP contribution in [0.1, 0.15) is 5.56 Å². The second-order valence-electron chi connectivity index (χ2n) is 6.47. The van der Waals surface area contributed by atoms with Crippen molar-refractivity contribution in [3.05, 3.63) is 94.8 Å². The maximum atomic E-state index is 12.5. The minimum atomic E-state index is -3.55. The Morgan fingerprint density at radius 1 is 0.897 bits per heavy atom. The normalized spacial score (nSPS) is 11.3. The zero-order valence-electron chi connectivity index (χ0n) is 15.2. The predicted octanol–water partition coefficient (Wildman–Crippen LogP) is 6.07. The van der Waals surface area contributed by atoms with E-state index in [1.807, 2.05) is 47.8 Å². The van der Waals surface area contributed by atoms with Gasteiger partial charge in [-0.15, -0.1) is 11.3 Å². The Morgan fingerprint density at radius 3 is 2.38 bits per heavy atom. The molecule has 0 saturated carbocycles. The second-order valence-corrected chi connectivity index (χ2v) is 9.49. The lowest BCUT2D eigenvalue weighted by Crippen LogP contribution is -2.15. The van der Waals surface area contributed by atoms with Crippen molar-refractivity contribution < 1.29 is 8.42 Å². The van der Waals surface area contributed by atoms with E-state index in [-0.39, 0.29) is 5.75 Å². The Labute approximate surface area is 178 Å². The number of hydrogen-bond donors (Lipinski definition) is 1. The van der Waals surface area contributed by atoms with E-state index in [2.05, 4.69) is 4.72 Å². The molecule has 0 aliphatic heterocycles. The SMILES string of the molecule is O=S(=O)(Cc1ccc(Cl)cc1)Nc1cccc(-c2csc(-c3ccccc3)n2)c1. The monoisotopic (exact) mass is 440 g/mol. The van der Waals surface area contributed by atoms with E-state index < -0.39 is 10.0 Å². The van der Waals surface area contributed by atoms with Gasteiger partial charge in [0, 0.05) is 27.2 Å². The number of sulfonamides is 1. The first-order valence-corrected chi connectivity index (χ1v) is 11.8. The summed E-state index contributed by atoms with van der Waals surface area (Å²) in [5, 5.41) is 3.48. The van der Waals surface area contributed by atoms with Gasteiger partial charge in [-0.25, -0.2) is 13.4 Å². The molecule has 0 aliphatic carbocycles. The van der Waals surface area contributed by atoms with Gasteiger partial charge in [0.2, 0.25) is 10.0 Å². The van der Waals surface area contributed by atoms with Crippen LogP contribution >= 0.6 is 22.9 Å². The molecule has 0 spiro atoms. The van der Waals surface area contributed by atoms with Crippen molar-refractivity contribution in [2.24, 2.45) is 0 Å². The first-order valence-electron chi connectivity index (χ1n) is 8.85. The Bertz CT molecular complexity index is 1220. The van der Waals surface area contributed by atoms with E-state index in [1.54, 1.807) is 47.7 Å². The summed E-state index contributed by atoms with van der Waals surface area (Å²) >= 11 is 7.42. The van der Waals surface area contributed by atoms with Gasteiger partial charge in [-0.1, -0.05) is 66.2 Å². The molecular weight excluding hydrogens is 424 g/mol. The molecule has 0 amide bonds. The van der Waals surface area contributed by atoms with Gasteiger partial charge in [-0.05, 0) is 29.8 Å². The van der Waals surface area contributed by atoms with Crippen molar-refractivity contribution in [1.29, 1.82) is 0 Å². The van der Waals surface area contributed by atoms with Gasteiger partial charge in [-0.3, -0.25) is 4.72 Å². The molecule has 4 rings (SSSR count). The molecule has 29 heavy (non-hydrogen) atoms. The maximum Gasteiger partial charge on any atom is 0.236 e. The van der Waals surface area contributed by atoms with E-state index in [1.165, 1.54) is 0 Å². The van der Waals surface area contributed by atoms with Crippen molar-refractivity contribution in [3.63, 3.8) is 0 Å². The summed E-state index contributed by atoms with van der Waals surface area (Å²) in [5.74, 6) is -0.122. The van der Waals surface area contributed by atoms with Crippen LogP contribution in [0.5, 0.6) is 0 Å². The molecule has 0 saturated heterocycles. The van der Waals surface area contributed by atoms with Crippen LogP contribution < -0.4 is 4.72 Å².